The van der Waals surface area contributed by atoms with E-state index in [0.29, 0.717) is 12.3 Å². The first-order valence-electron chi connectivity index (χ1n) is 9.59. The van der Waals surface area contributed by atoms with E-state index in [0.717, 1.165) is 63.2 Å². The van der Waals surface area contributed by atoms with Crippen molar-refractivity contribution in [3.05, 3.63) is 35.1 Å². The topological polar surface area (TPSA) is 35.6 Å². The second-order valence-electron chi connectivity index (χ2n) is 7.39. The molecule has 25 heavy (non-hydrogen) atoms. The molecular weight excluding hydrogens is 317 g/mol. The lowest BCUT2D eigenvalue weighted by Crippen LogP contribution is -2.47. The normalized spacial score (nSPS) is 24.8. The monoisotopic (exact) mass is 347 g/mol. The summed E-state index contributed by atoms with van der Waals surface area (Å²) < 4.78 is 14.0. The maximum Gasteiger partial charge on any atom is 0.221 e. The van der Waals surface area contributed by atoms with E-state index < -0.39 is 0 Å². The number of hydrogen-bond donors (Lipinski definition) is 1. The summed E-state index contributed by atoms with van der Waals surface area (Å²) in [6, 6.07) is 5.16. The number of amides is 1. The average molecular weight is 347 g/mol. The molecule has 0 unspecified atom stereocenters. The molecule has 1 N–H and O–H groups in total. The summed E-state index contributed by atoms with van der Waals surface area (Å²) >= 11 is 0. The number of nitrogens with one attached hydrogen (secondary N) is 1. The molecular formula is C20H30FN3O. The molecule has 3 rings (SSSR count). The third-order valence-corrected chi connectivity index (χ3v) is 5.79. The van der Waals surface area contributed by atoms with Crippen molar-refractivity contribution in [1.82, 2.24) is 15.1 Å². The molecule has 0 aromatic heterocycles. The Kier molecular flexibility index (Phi) is 6.07. The first-order chi connectivity index (χ1) is 12.1. The smallest absolute Gasteiger partial charge is 0.221 e. The number of nitrogens with zero attached hydrogens (tertiary/aromatic N) is 2. The van der Waals surface area contributed by atoms with Gasteiger partial charge in [0.15, 0.2) is 0 Å². The van der Waals surface area contributed by atoms with E-state index in [1.54, 1.807) is 6.07 Å². The summed E-state index contributed by atoms with van der Waals surface area (Å²) in [7, 11) is 0. The highest BCUT2D eigenvalue weighted by atomic mass is 19.1. The molecule has 2 atom stereocenters. The van der Waals surface area contributed by atoms with E-state index in [9.17, 15) is 9.18 Å². The van der Waals surface area contributed by atoms with Crippen molar-refractivity contribution >= 4 is 5.91 Å². The van der Waals surface area contributed by atoms with E-state index in [1.165, 1.54) is 6.07 Å². The van der Waals surface area contributed by atoms with Gasteiger partial charge >= 0.3 is 0 Å². The highest BCUT2D eigenvalue weighted by molar-refractivity contribution is 5.76. The Bertz CT molecular complexity index is 599. The number of piperazine rings is 1. The van der Waals surface area contributed by atoms with E-state index in [4.69, 9.17) is 0 Å². The lowest BCUT2D eigenvalue weighted by molar-refractivity contribution is -0.122. The lowest BCUT2D eigenvalue weighted by atomic mass is 9.80. The zero-order valence-corrected chi connectivity index (χ0v) is 15.4. The minimum atomic E-state index is -0.141. The molecule has 1 aliphatic heterocycles. The van der Waals surface area contributed by atoms with E-state index in [-0.39, 0.29) is 17.8 Å². The van der Waals surface area contributed by atoms with Gasteiger partial charge in [-0.3, -0.25) is 4.79 Å². The molecule has 138 valence electrons. The van der Waals surface area contributed by atoms with Crippen LogP contribution < -0.4 is 5.32 Å². The van der Waals surface area contributed by atoms with Crippen LogP contribution in [0.3, 0.4) is 0 Å². The van der Waals surface area contributed by atoms with Crippen molar-refractivity contribution in [1.29, 1.82) is 0 Å². The molecule has 1 heterocycles. The molecule has 1 amide bonds. The van der Waals surface area contributed by atoms with Crippen LogP contribution in [0.15, 0.2) is 18.2 Å². The van der Waals surface area contributed by atoms with Gasteiger partial charge < -0.3 is 15.1 Å². The van der Waals surface area contributed by atoms with Gasteiger partial charge in [0, 0.05) is 39.1 Å². The molecule has 1 aliphatic carbocycles. The molecule has 0 saturated carbocycles. The molecule has 5 heteroatoms. The maximum absolute atomic E-state index is 14.0. The second kappa shape index (κ2) is 8.28. The molecule has 1 aromatic rings. The zero-order valence-electron chi connectivity index (χ0n) is 15.4. The largest absolute Gasteiger partial charge is 0.349 e. The predicted molar refractivity (Wildman–Crippen MR) is 97.9 cm³/mol. The fourth-order valence-corrected chi connectivity index (χ4v) is 4.03. The molecule has 1 aromatic carbocycles. The van der Waals surface area contributed by atoms with Crippen molar-refractivity contribution in [3.63, 3.8) is 0 Å². The first kappa shape index (κ1) is 18.3. The fraction of sp³-hybridized carbons (Fsp3) is 0.650. The number of carbonyl (C=O) groups excluding carboxylic acids is 1. The van der Waals surface area contributed by atoms with E-state index >= 15 is 0 Å². The second-order valence-corrected chi connectivity index (χ2v) is 7.39. The third-order valence-electron chi connectivity index (χ3n) is 5.79. The van der Waals surface area contributed by atoms with Crippen LogP contribution in [0.1, 0.15) is 43.9 Å². The number of hydrogen-bond acceptors (Lipinski definition) is 3. The SMILES string of the molecule is CCN1CCN(CCC(=O)N[C@@H]2c3cccc(F)c3CC[C@H]2C)CC1. The summed E-state index contributed by atoms with van der Waals surface area (Å²) in [5.41, 5.74) is 1.74. The van der Waals surface area contributed by atoms with E-state index in [2.05, 4.69) is 29.0 Å². The van der Waals surface area contributed by atoms with Gasteiger partial charge in [0.25, 0.3) is 0 Å². The van der Waals surface area contributed by atoms with Crippen LogP contribution in [-0.2, 0) is 11.2 Å². The van der Waals surface area contributed by atoms with Gasteiger partial charge in [-0.1, -0.05) is 26.0 Å². The number of carbonyl (C=O) groups is 1. The Balaban J connectivity index is 1.54. The third kappa shape index (κ3) is 4.39. The summed E-state index contributed by atoms with van der Waals surface area (Å²) in [5.74, 6) is 0.274. The number of rotatable bonds is 5. The zero-order chi connectivity index (χ0) is 17.8. The van der Waals surface area contributed by atoms with Crippen molar-refractivity contribution in [2.45, 2.75) is 39.2 Å². The molecule has 4 nitrogen and oxygen atoms in total. The average Bonchev–Trinajstić information content (AvgIpc) is 2.63. The van der Waals surface area contributed by atoms with Gasteiger partial charge in [0.2, 0.25) is 5.91 Å². The van der Waals surface area contributed by atoms with Crippen LogP contribution in [-0.4, -0.2) is 55.0 Å². The molecule has 0 spiro atoms. The number of fused-ring (bicyclic) bond motifs is 1. The van der Waals surface area contributed by atoms with Crippen LogP contribution in [0.25, 0.3) is 0 Å². The minimum Gasteiger partial charge on any atom is -0.349 e. The lowest BCUT2D eigenvalue weighted by Gasteiger charge is -2.34. The van der Waals surface area contributed by atoms with Crippen molar-refractivity contribution < 1.29 is 9.18 Å². The maximum atomic E-state index is 14.0. The minimum absolute atomic E-state index is 0.0658. The fourth-order valence-electron chi connectivity index (χ4n) is 4.03. The van der Waals surface area contributed by atoms with Gasteiger partial charge in [0.05, 0.1) is 6.04 Å². The van der Waals surface area contributed by atoms with Crippen molar-refractivity contribution in [2.75, 3.05) is 39.3 Å². The van der Waals surface area contributed by atoms with Crippen LogP contribution >= 0.6 is 0 Å². The first-order valence-corrected chi connectivity index (χ1v) is 9.59. The molecule has 2 aliphatic rings. The summed E-state index contributed by atoms with van der Waals surface area (Å²) in [4.78, 5) is 17.3. The Morgan fingerprint density at radius 2 is 1.96 bits per heavy atom. The number of halogens is 1. The van der Waals surface area contributed by atoms with Crippen LogP contribution in [0.4, 0.5) is 4.39 Å². The van der Waals surface area contributed by atoms with Crippen LogP contribution in [0.5, 0.6) is 0 Å². The Morgan fingerprint density at radius 1 is 1.24 bits per heavy atom. The van der Waals surface area contributed by atoms with Gasteiger partial charge in [-0.2, -0.15) is 0 Å². The molecule has 0 radical (unpaired) electrons. The molecule has 1 saturated heterocycles. The highest BCUT2D eigenvalue weighted by Crippen LogP contribution is 2.35. The summed E-state index contributed by atoms with van der Waals surface area (Å²) in [6.45, 7) is 10.5. The van der Waals surface area contributed by atoms with Crippen LogP contribution in [0.2, 0.25) is 0 Å². The Morgan fingerprint density at radius 3 is 2.68 bits per heavy atom. The summed E-state index contributed by atoms with van der Waals surface area (Å²) in [6.07, 6.45) is 2.19. The van der Waals surface area contributed by atoms with Crippen molar-refractivity contribution in [2.24, 2.45) is 5.92 Å². The highest BCUT2D eigenvalue weighted by Gasteiger charge is 2.29. The number of benzene rings is 1. The predicted octanol–water partition coefficient (Wildman–Crippen LogP) is 2.59. The van der Waals surface area contributed by atoms with Crippen molar-refractivity contribution in [3.8, 4) is 0 Å². The van der Waals surface area contributed by atoms with E-state index in [1.807, 2.05) is 6.07 Å². The quantitative estimate of drug-likeness (QED) is 0.889. The molecule has 1 fully saturated rings. The van der Waals surface area contributed by atoms with Gasteiger partial charge in [-0.05, 0) is 42.5 Å². The van der Waals surface area contributed by atoms with Gasteiger partial charge in [0.1, 0.15) is 5.82 Å². The summed E-state index contributed by atoms with van der Waals surface area (Å²) in [5, 5.41) is 3.17. The van der Waals surface area contributed by atoms with Crippen LogP contribution in [0, 0.1) is 11.7 Å². The van der Waals surface area contributed by atoms with Gasteiger partial charge in [-0.25, -0.2) is 4.39 Å². The van der Waals surface area contributed by atoms with Gasteiger partial charge in [-0.15, -0.1) is 0 Å². The number of likely N-dealkylation sites (N-methyl/N-ethyl adjacent to an activating group) is 1. The molecule has 0 bridgehead atoms. The standard InChI is InChI=1S/C20H30FN3O/c1-3-23-11-13-24(14-12-23)10-9-19(25)22-20-15(2)7-8-16-17(20)5-4-6-18(16)21/h4-6,15,20H,3,7-14H2,1-2H3,(H,22,25)/t15-,20+/m1/s1. The Labute approximate surface area is 150 Å². The Hall–Kier alpha value is -1.46.